The Kier molecular flexibility index (Phi) is 7.44. The molecule has 5 heteroatoms. The molecule has 0 amide bonds. The maximum Gasteiger partial charge on any atom is 0.331 e. The number of nitrogens with zero attached hydrogens (tertiary/aromatic N) is 2. The summed E-state index contributed by atoms with van der Waals surface area (Å²) in [4.78, 5) is 16.5. The van der Waals surface area contributed by atoms with Gasteiger partial charge < -0.3 is 14.4 Å². The predicted octanol–water partition coefficient (Wildman–Crippen LogP) is 4.99. The number of benzene rings is 2. The Balaban J connectivity index is 1.96. The fraction of sp³-hybridized carbons (Fsp3) is 0.280. The summed E-state index contributed by atoms with van der Waals surface area (Å²) in [6.07, 6.45) is 6.86. The molecule has 0 spiro atoms. The van der Waals surface area contributed by atoms with Crippen LogP contribution < -0.4 is 4.74 Å². The van der Waals surface area contributed by atoms with Gasteiger partial charge in [0.05, 0.1) is 19.0 Å². The normalized spacial score (nSPS) is 11.5. The Labute approximate surface area is 177 Å². The molecule has 156 valence electrons. The van der Waals surface area contributed by atoms with Gasteiger partial charge in [-0.1, -0.05) is 55.8 Å². The van der Waals surface area contributed by atoms with Crippen LogP contribution in [0.15, 0.2) is 66.4 Å². The van der Waals surface area contributed by atoms with Gasteiger partial charge in [-0.2, -0.15) is 0 Å². The SMILES string of the molecule is CCCCc1ncc(/C=C(\Cc2ccccc2)C(=O)O)n1Cc1cccc(OC)c1. The number of aliphatic carboxylic acids is 1. The molecule has 0 bridgehead atoms. The van der Waals surface area contributed by atoms with Crippen LogP contribution in [0, 0.1) is 0 Å². The van der Waals surface area contributed by atoms with Crippen molar-refractivity contribution in [3.8, 4) is 5.75 Å². The average Bonchev–Trinajstić information content (AvgIpc) is 3.13. The Bertz CT molecular complexity index is 1010. The van der Waals surface area contributed by atoms with E-state index in [0.717, 1.165) is 47.7 Å². The minimum absolute atomic E-state index is 0.343. The van der Waals surface area contributed by atoms with Crippen LogP contribution in [0.1, 0.15) is 42.4 Å². The van der Waals surface area contributed by atoms with Crippen molar-refractivity contribution in [2.24, 2.45) is 0 Å². The number of aromatic nitrogens is 2. The maximum absolute atomic E-state index is 11.9. The van der Waals surface area contributed by atoms with Crippen LogP contribution in [0.2, 0.25) is 0 Å². The van der Waals surface area contributed by atoms with Gasteiger partial charge in [-0.25, -0.2) is 9.78 Å². The smallest absolute Gasteiger partial charge is 0.331 e. The molecule has 0 aliphatic heterocycles. The summed E-state index contributed by atoms with van der Waals surface area (Å²) >= 11 is 0. The van der Waals surface area contributed by atoms with Gasteiger partial charge in [-0.15, -0.1) is 0 Å². The lowest BCUT2D eigenvalue weighted by Crippen LogP contribution is -2.09. The number of carbonyl (C=O) groups is 1. The first-order valence-corrected chi connectivity index (χ1v) is 10.3. The summed E-state index contributed by atoms with van der Waals surface area (Å²) in [5.41, 5.74) is 3.20. The third-order valence-electron chi connectivity index (χ3n) is 5.03. The molecule has 1 heterocycles. The van der Waals surface area contributed by atoms with Gasteiger partial charge in [0.25, 0.3) is 0 Å². The highest BCUT2D eigenvalue weighted by Gasteiger charge is 2.14. The molecule has 30 heavy (non-hydrogen) atoms. The summed E-state index contributed by atoms with van der Waals surface area (Å²) in [6, 6.07) is 17.6. The standard InChI is InChI=1S/C25H28N2O3/c1-3-4-13-24-26-17-22(27(24)18-20-11-8-12-23(15-20)30-2)16-21(25(28)29)14-19-9-6-5-7-10-19/h5-12,15-17H,3-4,13-14,18H2,1-2H3,(H,28,29)/b21-16+. The van der Waals surface area contributed by atoms with Crippen LogP contribution in [0.4, 0.5) is 0 Å². The molecule has 0 saturated heterocycles. The van der Waals surface area contributed by atoms with Gasteiger partial charge in [0.1, 0.15) is 11.6 Å². The number of carboxylic acid groups (broad SMARTS) is 1. The van der Waals surface area contributed by atoms with E-state index in [2.05, 4.69) is 16.5 Å². The number of imidazole rings is 1. The lowest BCUT2D eigenvalue weighted by atomic mass is 10.0. The highest BCUT2D eigenvalue weighted by atomic mass is 16.5. The number of methoxy groups -OCH3 is 1. The number of rotatable bonds is 10. The highest BCUT2D eigenvalue weighted by Crippen LogP contribution is 2.20. The molecule has 3 rings (SSSR count). The van der Waals surface area contributed by atoms with E-state index >= 15 is 0 Å². The van der Waals surface area contributed by atoms with Crippen LogP contribution in [0.25, 0.3) is 6.08 Å². The van der Waals surface area contributed by atoms with Gasteiger partial charge in [0, 0.05) is 25.0 Å². The second kappa shape index (κ2) is 10.4. The lowest BCUT2D eigenvalue weighted by molar-refractivity contribution is -0.132. The predicted molar refractivity (Wildman–Crippen MR) is 119 cm³/mol. The van der Waals surface area contributed by atoms with Crippen LogP contribution in [0.5, 0.6) is 5.75 Å². The number of aryl methyl sites for hydroxylation is 1. The quantitative estimate of drug-likeness (QED) is 0.483. The molecule has 0 aliphatic carbocycles. The van der Waals surface area contributed by atoms with Crippen molar-refractivity contribution in [1.29, 1.82) is 0 Å². The zero-order valence-corrected chi connectivity index (χ0v) is 17.5. The first-order valence-electron chi connectivity index (χ1n) is 10.3. The zero-order chi connectivity index (χ0) is 21.3. The van der Waals surface area contributed by atoms with Crippen molar-refractivity contribution < 1.29 is 14.6 Å². The van der Waals surface area contributed by atoms with Gasteiger partial charge in [-0.3, -0.25) is 0 Å². The number of carboxylic acids is 1. The number of hydrogen-bond acceptors (Lipinski definition) is 3. The van der Waals surface area contributed by atoms with Crippen molar-refractivity contribution >= 4 is 12.0 Å². The van der Waals surface area contributed by atoms with Crippen LogP contribution in [-0.2, 0) is 24.2 Å². The van der Waals surface area contributed by atoms with E-state index in [-0.39, 0.29) is 0 Å². The maximum atomic E-state index is 11.9. The summed E-state index contributed by atoms with van der Waals surface area (Å²) in [5.74, 6) is 0.855. The van der Waals surface area contributed by atoms with E-state index in [9.17, 15) is 9.90 Å². The van der Waals surface area contributed by atoms with Crippen molar-refractivity contribution in [3.63, 3.8) is 0 Å². The van der Waals surface area contributed by atoms with Crippen molar-refractivity contribution in [3.05, 3.63) is 89.0 Å². The third kappa shape index (κ3) is 5.60. The number of ether oxygens (including phenoxy) is 1. The van der Waals surface area contributed by atoms with Gasteiger partial charge in [0.2, 0.25) is 0 Å². The molecular weight excluding hydrogens is 376 g/mol. The molecule has 1 N–H and O–H groups in total. The number of unbranched alkanes of at least 4 members (excludes halogenated alkanes) is 1. The molecule has 1 aromatic heterocycles. The highest BCUT2D eigenvalue weighted by molar-refractivity contribution is 5.92. The second-order valence-corrected chi connectivity index (χ2v) is 7.28. The fourth-order valence-electron chi connectivity index (χ4n) is 3.40. The zero-order valence-electron chi connectivity index (χ0n) is 17.5. The monoisotopic (exact) mass is 404 g/mol. The first kappa shape index (κ1) is 21.4. The minimum atomic E-state index is -0.914. The summed E-state index contributed by atoms with van der Waals surface area (Å²) in [6.45, 7) is 2.76. The van der Waals surface area contributed by atoms with E-state index in [0.29, 0.717) is 18.5 Å². The lowest BCUT2D eigenvalue weighted by Gasteiger charge is -2.12. The third-order valence-corrected chi connectivity index (χ3v) is 5.03. The van der Waals surface area contributed by atoms with E-state index in [1.165, 1.54) is 0 Å². The Morgan fingerprint density at radius 1 is 1.13 bits per heavy atom. The summed E-state index contributed by atoms with van der Waals surface area (Å²) < 4.78 is 7.46. The Morgan fingerprint density at radius 3 is 2.60 bits per heavy atom. The first-order chi connectivity index (χ1) is 14.6. The van der Waals surface area contributed by atoms with Crippen LogP contribution in [-0.4, -0.2) is 27.7 Å². The largest absolute Gasteiger partial charge is 0.497 e. The molecule has 0 radical (unpaired) electrons. The second-order valence-electron chi connectivity index (χ2n) is 7.28. The van der Waals surface area contributed by atoms with Crippen molar-refractivity contribution in [2.75, 3.05) is 7.11 Å². The fourth-order valence-corrected chi connectivity index (χ4v) is 3.40. The van der Waals surface area contributed by atoms with Crippen molar-refractivity contribution in [2.45, 2.75) is 39.2 Å². The molecule has 0 unspecified atom stereocenters. The van der Waals surface area contributed by atoms with Gasteiger partial charge in [0.15, 0.2) is 0 Å². The summed E-state index contributed by atoms with van der Waals surface area (Å²) in [7, 11) is 1.65. The van der Waals surface area contributed by atoms with E-state index in [4.69, 9.17) is 4.74 Å². The Hall–Kier alpha value is -3.34. The molecule has 3 aromatic rings. The molecule has 2 aromatic carbocycles. The molecule has 0 aliphatic rings. The number of hydrogen-bond donors (Lipinski definition) is 1. The van der Waals surface area contributed by atoms with E-state index in [1.54, 1.807) is 19.4 Å². The van der Waals surface area contributed by atoms with Crippen LogP contribution in [0.3, 0.4) is 0 Å². The molecule has 0 fully saturated rings. The van der Waals surface area contributed by atoms with Crippen LogP contribution >= 0.6 is 0 Å². The molecule has 5 nitrogen and oxygen atoms in total. The minimum Gasteiger partial charge on any atom is -0.497 e. The van der Waals surface area contributed by atoms with Gasteiger partial charge >= 0.3 is 5.97 Å². The van der Waals surface area contributed by atoms with E-state index in [1.807, 2.05) is 54.6 Å². The Morgan fingerprint density at radius 2 is 1.90 bits per heavy atom. The van der Waals surface area contributed by atoms with Crippen molar-refractivity contribution in [1.82, 2.24) is 9.55 Å². The molecular formula is C25H28N2O3. The molecule has 0 atom stereocenters. The van der Waals surface area contributed by atoms with E-state index < -0.39 is 5.97 Å². The topological polar surface area (TPSA) is 64.3 Å². The average molecular weight is 405 g/mol. The molecule has 0 saturated carbocycles. The van der Waals surface area contributed by atoms with Gasteiger partial charge in [-0.05, 0) is 35.8 Å². The summed E-state index contributed by atoms with van der Waals surface area (Å²) in [5, 5.41) is 9.78.